The average molecular weight is 381 g/mol. The minimum absolute atomic E-state index is 0.0166. The number of carbonyl (C=O) groups excluding carboxylic acids is 1. The van der Waals surface area contributed by atoms with Crippen molar-refractivity contribution >= 4 is 44.0 Å². The van der Waals surface area contributed by atoms with Crippen LogP contribution in [0, 0.1) is 0 Å². The summed E-state index contributed by atoms with van der Waals surface area (Å²) in [7, 11) is 1.62. The molecule has 0 atom stereocenters. The number of benzene rings is 1. The number of carbonyl (C=O) groups is 1. The molecule has 10 heteroatoms. The number of nitrogens with zero attached hydrogens (tertiary/aromatic N) is 2. The molecule has 2 rings (SSSR count). The summed E-state index contributed by atoms with van der Waals surface area (Å²) in [5.41, 5.74) is -0.844. The van der Waals surface area contributed by atoms with Crippen LogP contribution < -0.4 is 10.6 Å². The van der Waals surface area contributed by atoms with E-state index < -0.39 is 17.6 Å². The van der Waals surface area contributed by atoms with Gasteiger partial charge in [0.1, 0.15) is 0 Å². The highest BCUT2D eigenvalue weighted by atomic mass is 79.9. The molecule has 1 amide bonds. The third-order valence-electron chi connectivity index (χ3n) is 2.32. The molecular weight excluding hydrogens is 373 g/mol. The Labute approximate surface area is 129 Å². The molecule has 0 radical (unpaired) electrons. The fourth-order valence-electron chi connectivity index (χ4n) is 1.43. The molecule has 0 saturated heterocycles. The van der Waals surface area contributed by atoms with Crippen LogP contribution in [0.2, 0.25) is 0 Å². The largest absolute Gasteiger partial charge is 0.416 e. The number of amides is 1. The van der Waals surface area contributed by atoms with Gasteiger partial charge < -0.3 is 10.6 Å². The molecule has 21 heavy (non-hydrogen) atoms. The van der Waals surface area contributed by atoms with Gasteiger partial charge in [-0.05, 0) is 18.2 Å². The maximum absolute atomic E-state index is 12.7. The van der Waals surface area contributed by atoms with Crippen molar-refractivity contribution in [1.29, 1.82) is 0 Å². The zero-order chi connectivity index (χ0) is 15.6. The van der Waals surface area contributed by atoms with Crippen LogP contribution in [0.3, 0.4) is 0 Å². The second-order valence-corrected chi connectivity index (χ2v) is 5.74. The standard InChI is InChI=1S/C11H8BrF3N4OS/c1-16-10-19-18-9(21-10)8(20)17-7-3-5(11(13,14)15)2-6(12)4-7/h2-4H,1H3,(H,16,19)(H,17,20). The Morgan fingerprint density at radius 3 is 2.57 bits per heavy atom. The maximum atomic E-state index is 12.7. The van der Waals surface area contributed by atoms with Gasteiger partial charge in [-0.25, -0.2) is 0 Å². The zero-order valence-corrected chi connectivity index (χ0v) is 12.9. The Hall–Kier alpha value is -1.68. The lowest BCUT2D eigenvalue weighted by Crippen LogP contribution is -2.13. The van der Waals surface area contributed by atoms with E-state index in [0.29, 0.717) is 5.13 Å². The predicted molar refractivity (Wildman–Crippen MR) is 76.6 cm³/mol. The summed E-state index contributed by atoms with van der Waals surface area (Å²) in [6, 6.07) is 3.15. The van der Waals surface area contributed by atoms with Crippen LogP contribution in [-0.4, -0.2) is 23.2 Å². The summed E-state index contributed by atoms with van der Waals surface area (Å²) in [5, 5.41) is 12.9. The van der Waals surface area contributed by atoms with E-state index in [1.54, 1.807) is 7.05 Å². The Kier molecular flexibility index (Phi) is 4.47. The molecule has 0 fully saturated rings. The van der Waals surface area contributed by atoms with Crippen molar-refractivity contribution in [1.82, 2.24) is 10.2 Å². The van der Waals surface area contributed by atoms with Crippen molar-refractivity contribution in [2.24, 2.45) is 0 Å². The summed E-state index contributed by atoms with van der Waals surface area (Å²) in [4.78, 5) is 11.9. The van der Waals surface area contributed by atoms with Gasteiger partial charge in [0, 0.05) is 17.2 Å². The molecule has 0 aliphatic carbocycles. The van der Waals surface area contributed by atoms with E-state index in [1.807, 2.05) is 0 Å². The van der Waals surface area contributed by atoms with Gasteiger partial charge in [-0.3, -0.25) is 4.79 Å². The van der Waals surface area contributed by atoms with Crippen LogP contribution >= 0.6 is 27.3 Å². The first kappa shape index (κ1) is 15.7. The number of anilines is 2. The Morgan fingerprint density at radius 2 is 2.00 bits per heavy atom. The van der Waals surface area contributed by atoms with E-state index in [2.05, 4.69) is 36.8 Å². The molecule has 0 saturated carbocycles. The van der Waals surface area contributed by atoms with E-state index in [-0.39, 0.29) is 15.2 Å². The van der Waals surface area contributed by atoms with Crippen LogP contribution in [0.25, 0.3) is 0 Å². The smallest absolute Gasteiger partial charge is 0.363 e. The lowest BCUT2D eigenvalue weighted by atomic mass is 10.2. The quantitative estimate of drug-likeness (QED) is 0.853. The lowest BCUT2D eigenvalue weighted by molar-refractivity contribution is -0.137. The van der Waals surface area contributed by atoms with Crippen molar-refractivity contribution in [3.63, 3.8) is 0 Å². The van der Waals surface area contributed by atoms with Crippen molar-refractivity contribution in [3.8, 4) is 0 Å². The van der Waals surface area contributed by atoms with Crippen molar-refractivity contribution < 1.29 is 18.0 Å². The molecule has 0 bridgehead atoms. The molecule has 0 unspecified atom stereocenters. The first-order chi connectivity index (χ1) is 9.79. The van der Waals surface area contributed by atoms with Gasteiger partial charge in [-0.15, -0.1) is 10.2 Å². The molecule has 2 aromatic rings. The topological polar surface area (TPSA) is 66.9 Å². The first-order valence-corrected chi connectivity index (χ1v) is 7.11. The number of nitrogens with one attached hydrogen (secondary N) is 2. The van der Waals surface area contributed by atoms with Crippen molar-refractivity contribution in [2.45, 2.75) is 6.18 Å². The normalized spacial score (nSPS) is 11.3. The summed E-state index contributed by atoms with van der Waals surface area (Å²) < 4.78 is 38.3. The van der Waals surface area contributed by atoms with E-state index in [4.69, 9.17) is 0 Å². The minimum atomic E-state index is -4.49. The Morgan fingerprint density at radius 1 is 1.29 bits per heavy atom. The highest BCUT2D eigenvalue weighted by Crippen LogP contribution is 2.33. The van der Waals surface area contributed by atoms with Crippen LogP contribution in [0.5, 0.6) is 0 Å². The lowest BCUT2D eigenvalue weighted by Gasteiger charge is -2.10. The van der Waals surface area contributed by atoms with Gasteiger partial charge in [-0.2, -0.15) is 13.2 Å². The molecule has 5 nitrogen and oxygen atoms in total. The molecule has 0 spiro atoms. The molecule has 1 aromatic carbocycles. The van der Waals surface area contributed by atoms with Gasteiger partial charge in [0.15, 0.2) is 0 Å². The van der Waals surface area contributed by atoms with Gasteiger partial charge in [0.05, 0.1) is 5.56 Å². The van der Waals surface area contributed by atoms with Gasteiger partial charge in [-0.1, -0.05) is 27.3 Å². The summed E-state index contributed by atoms with van der Waals surface area (Å²) in [6.07, 6.45) is -4.49. The molecule has 1 aromatic heterocycles. The van der Waals surface area contributed by atoms with Crippen LogP contribution in [-0.2, 0) is 6.18 Å². The fraction of sp³-hybridized carbons (Fsp3) is 0.182. The summed E-state index contributed by atoms with van der Waals surface area (Å²) in [5.74, 6) is -0.625. The Bertz CT molecular complexity index is 674. The summed E-state index contributed by atoms with van der Waals surface area (Å²) in [6.45, 7) is 0. The monoisotopic (exact) mass is 380 g/mol. The third-order valence-corrected chi connectivity index (χ3v) is 3.71. The second-order valence-electron chi connectivity index (χ2n) is 3.84. The Balaban J connectivity index is 2.23. The predicted octanol–water partition coefficient (Wildman–Crippen LogP) is 3.61. The zero-order valence-electron chi connectivity index (χ0n) is 10.5. The highest BCUT2D eigenvalue weighted by molar-refractivity contribution is 9.10. The van der Waals surface area contributed by atoms with Crippen molar-refractivity contribution in [2.75, 3.05) is 17.7 Å². The van der Waals surface area contributed by atoms with Gasteiger partial charge in [0.25, 0.3) is 5.91 Å². The van der Waals surface area contributed by atoms with E-state index in [0.717, 1.165) is 23.5 Å². The van der Waals surface area contributed by atoms with Crippen LogP contribution in [0.15, 0.2) is 22.7 Å². The number of hydrogen-bond donors (Lipinski definition) is 2. The van der Waals surface area contributed by atoms with Crippen LogP contribution in [0.1, 0.15) is 15.4 Å². The third kappa shape index (κ3) is 3.91. The van der Waals surface area contributed by atoms with Gasteiger partial charge in [0.2, 0.25) is 10.1 Å². The SMILES string of the molecule is CNc1nnc(C(=O)Nc2cc(Br)cc(C(F)(F)F)c2)s1. The second kappa shape index (κ2) is 5.98. The number of rotatable bonds is 3. The molecular formula is C11H8BrF3N4OS. The molecule has 2 N–H and O–H groups in total. The highest BCUT2D eigenvalue weighted by Gasteiger charge is 2.31. The molecule has 0 aliphatic heterocycles. The van der Waals surface area contributed by atoms with Crippen LogP contribution in [0.4, 0.5) is 24.0 Å². The maximum Gasteiger partial charge on any atom is 0.416 e. The molecule has 0 aliphatic rings. The average Bonchev–Trinajstić information content (AvgIpc) is 2.85. The van der Waals surface area contributed by atoms with E-state index in [9.17, 15) is 18.0 Å². The van der Waals surface area contributed by atoms with E-state index in [1.165, 1.54) is 6.07 Å². The number of halogens is 4. The molecule has 1 heterocycles. The number of hydrogen-bond acceptors (Lipinski definition) is 5. The van der Waals surface area contributed by atoms with Gasteiger partial charge >= 0.3 is 6.18 Å². The first-order valence-electron chi connectivity index (χ1n) is 5.50. The number of alkyl halides is 3. The minimum Gasteiger partial charge on any atom is -0.363 e. The fourth-order valence-corrected chi connectivity index (χ4v) is 2.51. The number of aromatic nitrogens is 2. The summed E-state index contributed by atoms with van der Waals surface area (Å²) >= 11 is 3.98. The molecule has 112 valence electrons. The van der Waals surface area contributed by atoms with E-state index >= 15 is 0 Å². The van der Waals surface area contributed by atoms with Crippen molar-refractivity contribution in [3.05, 3.63) is 33.2 Å².